The predicted molar refractivity (Wildman–Crippen MR) is 78.7 cm³/mol. The van der Waals surface area contributed by atoms with Crippen molar-refractivity contribution in [1.82, 2.24) is 5.32 Å². The minimum absolute atomic E-state index is 0.0108. The number of ether oxygens (including phenoxy) is 2. The number of hydrogen-bond acceptors (Lipinski definition) is 5. The van der Waals surface area contributed by atoms with Gasteiger partial charge < -0.3 is 14.8 Å². The molecule has 0 bridgehead atoms. The standard InChI is InChI=1S/C14H16BrNO5/c1-20-12(17)8-7-11(14(19)21-2)16-13(18)9-3-5-10(15)6-4-9/h3-6,11H,7-8H2,1-2H3,(H,16,18). The molecule has 0 saturated carbocycles. The van der Waals surface area contributed by atoms with Crippen LogP contribution in [0.1, 0.15) is 23.2 Å². The molecule has 0 radical (unpaired) electrons. The third kappa shape index (κ3) is 5.55. The average Bonchev–Trinajstić information content (AvgIpc) is 2.50. The van der Waals surface area contributed by atoms with Crippen LogP contribution in [0.4, 0.5) is 0 Å². The summed E-state index contributed by atoms with van der Waals surface area (Å²) in [5.74, 6) is -1.48. The van der Waals surface area contributed by atoms with Crippen LogP contribution in [0.2, 0.25) is 0 Å². The summed E-state index contributed by atoms with van der Waals surface area (Å²) < 4.78 is 9.97. The lowest BCUT2D eigenvalue weighted by molar-refractivity contribution is -0.144. The van der Waals surface area contributed by atoms with Crippen LogP contribution in [-0.2, 0) is 19.1 Å². The van der Waals surface area contributed by atoms with Gasteiger partial charge in [0.1, 0.15) is 6.04 Å². The zero-order chi connectivity index (χ0) is 15.8. The number of rotatable bonds is 6. The molecule has 1 N–H and O–H groups in total. The highest BCUT2D eigenvalue weighted by Gasteiger charge is 2.23. The highest BCUT2D eigenvalue weighted by atomic mass is 79.9. The second kappa shape index (κ2) is 8.41. The van der Waals surface area contributed by atoms with Crippen LogP contribution in [-0.4, -0.2) is 38.1 Å². The third-order valence-electron chi connectivity index (χ3n) is 2.76. The smallest absolute Gasteiger partial charge is 0.328 e. The zero-order valence-corrected chi connectivity index (χ0v) is 13.3. The summed E-state index contributed by atoms with van der Waals surface area (Å²) >= 11 is 3.27. The third-order valence-corrected chi connectivity index (χ3v) is 3.29. The van der Waals surface area contributed by atoms with Crippen molar-refractivity contribution in [1.29, 1.82) is 0 Å². The summed E-state index contributed by atoms with van der Waals surface area (Å²) in [6.45, 7) is 0. The van der Waals surface area contributed by atoms with Crippen molar-refractivity contribution in [2.75, 3.05) is 14.2 Å². The maximum atomic E-state index is 12.1. The molecule has 1 atom stereocenters. The van der Waals surface area contributed by atoms with E-state index in [9.17, 15) is 14.4 Å². The van der Waals surface area contributed by atoms with E-state index in [0.717, 1.165) is 4.47 Å². The van der Waals surface area contributed by atoms with Crippen LogP contribution in [0.25, 0.3) is 0 Å². The molecule has 21 heavy (non-hydrogen) atoms. The molecule has 0 spiro atoms. The first-order valence-electron chi connectivity index (χ1n) is 6.19. The van der Waals surface area contributed by atoms with Crippen LogP contribution in [0, 0.1) is 0 Å². The zero-order valence-electron chi connectivity index (χ0n) is 11.7. The maximum Gasteiger partial charge on any atom is 0.328 e. The fourth-order valence-corrected chi connectivity index (χ4v) is 1.86. The molecule has 0 aliphatic carbocycles. The number of nitrogens with one attached hydrogen (secondary N) is 1. The molecule has 0 saturated heterocycles. The van der Waals surface area contributed by atoms with Gasteiger partial charge >= 0.3 is 11.9 Å². The van der Waals surface area contributed by atoms with Crippen LogP contribution >= 0.6 is 15.9 Å². The second-order valence-corrected chi connectivity index (χ2v) is 5.09. The first-order chi connectivity index (χ1) is 9.97. The van der Waals surface area contributed by atoms with E-state index in [-0.39, 0.29) is 12.8 Å². The minimum atomic E-state index is -0.898. The van der Waals surface area contributed by atoms with Gasteiger partial charge in [0, 0.05) is 16.5 Å². The predicted octanol–water partition coefficient (Wildman–Crippen LogP) is 1.67. The summed E-state index contributed by atoms with van der Waals surface area (Å²) in [4.78, 5) is 34.8. The highest BCUT2D eigenvalue weighted by molar-refractivity contribution is 9.10. The normalized spacial score (nSPS) is 11.4. The van der Waals surface area contributed by atoms with E-state index in [1.807, 2.05) is 0 Å². The van der Waals surface area contributed by atoms with E-state index in [1.54, 1.807) is 24.3 Å². The lowest BCUT2D eigenvalue weighted by atomic mass is 10.1. The van der Waals surface area contributed by atoms with Crippen molar-refractivity contribution >= 4 is 33.8 Å². The Hall–Kier alpha value is -1.89. The second-order valence-electron chi connectivity index (χ2n) is 4.17. The topological polar surface area (TPSA) is 81.7 Å². The number of carbonyl (C=O) groups is 3. The fourth-order valence-electron chi connectivity index (χ4n) is 1.60. The maximum absolute atomic E-state index is 12.1. The first kappa shape index (κ1) is 17.2. The molecule has 114 valence electrons. The van der Waals surface area contributed by atoms with Crippen LogP contribution < -0.4 is 5.32 Å². The molecule has 1 aromatic carbocycles. The van der Waals surface area contributed by atoms with Gasteiger partial charge in [-0.05, 0) is 30.7 Å². The Morgan fingerprint density at radius 3 is 2.29 bits per heavy atom. The first-order valence-corrected chi connectivity index (χ1v) is 6.98. The van der Waals surface area contributed by atoms with E-state index >= 15 is 0 Å². The number of halogens is 1. The molecule has 1 rings (SSSR count). The number of hydrogen-bond donors (Lipinski definition) is 1. The fraction of sp³-hybridized carbons (Fsp3) is 0.357. The highest BCUT2D eigenvalue weighted by Crippen LogP contribution is 2.11. The lowest BCUT2D eigenvalue weighted by Gasteiger charge is -2.16. The molecule has 0 aromatic heterocycles. The molecular weight excluding hydrogens is 342 g/mol. The summed E-state index contributed by atoms with van der Waals surface area (Å²) in [6.07, 6.45) is 0.124. The SMILES string of the molecule is COC(=O)CCC(NC(=O)c1ccc(Br)cc1)C(=O)OC. The molecule has 0 heterocycles. The van der Waals surface area contributed by atoms with Crippen molar-refractivity contribution in [2.24, 2.45) is 0 Å². The van der Waals surface area contributed by atoms with Gasteiger partial charge in [-0.3, -0.25) is 9.59 Å². The largest absolute Gasteiger partial charge is 0.469 e. The number of carbonyl (C=O) groups excluding carboxylic acids is 3. The van der Waals surface area contributed by atoms with Crippen LogP contribution in [0.5, 0.6) is 0 Å². The summed E-state index contributed by atoms with van der Waals surface area (Å²) in [5.41, 5.74) is 0.408. The Balaban J connectivity index is 2.71. The minimum Gasteiger partial charge on any atom is -0.469 e. The number of amides is 1. The Morgan fingerprint density at radius 1 is 1.14 bits per heavy atom. The molecule has 1 aromatic rings. The Morgan fingerprint density at radius 2 is 1.76 bits per heavy atom. The van der Waals surface area contributed by atoms with Crippen molar-refractivity contribution in [3.05, 3.63) is 34.3 Å². The molecule has 7 heteroatoms. The van der Waals surface area contributed by atoms with Crippen molar-refractivity contribution in [3.63, 3.8) is 0 Å². The summed E-state index contributed by atoms with van der Waals surface area (Å²) in [6, 6.07) is 5.78. The van der Waals surface area contributed by atoms with Gasteiger partial charge in [0.15, 0.2) is 0 Å². The molecular formula is C14H16BrNO5. The monoisotopic (exact) mass is 357 g/mol. The quantitative estimate of drug-likeness (QED) is 0.783. The van der Waals surface area contributed by atoms with Gasteiger partial charge in [-0.1, -0.05) is 15.9 Å². The van der Waals surface area contributed by atoms with E-state index in [4.69, 9.17) is 0 Å². The summed E-state index contributed by atoms with van der Waals surface area (Å²) in [5, 5.41) is 2.55. The number of benzene rings is 1. The van der Waals surface area contributed by atoms with Crippen molar-refractivity contribution < 1.29 is 23.9 Å². The Labute approximate surface area is 130 Å². The van der Waals surface area contributed by atoms with Gasteiger partial charge in [-0.25, -0.2) is 4.79 Å². The van der Waals surface area contributed by atoms with Gasteiger partial charge in [0.2, 0.25) is 0 Å². The molecule has 1 unspecified atom stereocenters. The van der Waals surface area contributed by atoms with Crippen molar-refractivity contribution in [2.45, 2.75) is 18.9 Å². The molecule has 6 nitrogen and oxygen atoms in total. The van der Waals surface area contributed by atoms with Gasteiger partial charge in [-0.15, -0.1) is 0 Å². The molecule has 0 aliphatic heterocycles. The average molecular weight is 358 g/mol. The Kier molecular flexibility index (Phi) is 6.87. The van der Waals surface area contributed by atoms with Gasteiger partial charge in [-0.2, -0.15) is 0 Å². The lowest BCUT2D eigenvalue weighted by Crippen LogP contribution is -2.41. The van der Waals surface area contributed by atoms with Gasteiger partial charge in [0.05, 0.1) is 14.2 Å². The summed E-state index contributed by atoms with van der Waals surface area (Å²) in [7, 11) is 2.48. The van der Waals surface area contributed by atoms with E-state index in [1.165, 1.54) is 14.2 Å². The molecule has 0 aliphatic rings. The number of esters is 2. The van der Waals surface area contributed by atoms with Gasteiger partial charge in [0.25, 0.3) is 5.91 Å². The molecule has 0 fully saturated rings. The number of methoxy groups -OCH3 is 2. The van der Waals surface area contributed by atoms with Crippen molar-refractivity contribution in [3.8, 4) is 0 Å². The van der Waals surface area contributed by atoms with E-state index in [2.05, 4.69) is 30.7 Å². The van der Waals surface area contributed by atoms with Crippen LogP contribution in [0.3, 0.4) is 0 Å². The van der Waals surface area contributed by atoms with E-state index in [0.29, 0.717) is 5.56 Å². The Bertz CT molecular complexity index is 515. The molecule has 1 amide bonds. The van der Waals surface area contributed by atoms with Crippen LogP contribution in [0.15, 0.2) is 28.7 Å². The van der Waals surface area contributed by atoms with E-state index < -0.39 is 23.9 Å².